The van der Waals surface area contributed by atoms with Gasteiger partial charge in [-0.3, -0.25) is 0 Å². The van der Waals surface area contributed by atoms with Crippen LogP contribution >= 0.6 is 0 Å². The molecule has 3 heteroatoms. The van der Waals surface area contributed by atoms with Crippen LogP contribution in [0.25, 0.3) is 54.9 Å². The van der Waals surface area contributed by atoms with Gasteiger partial charge in [0.05, 0.1) is 7.11 Å². The maximum atomic E-state index is 5.95. The van der Waals surface area contributed by atoms with Crippen LogP contribution in [0, 0.1) is 70.2 Å². The number of ether oxygens (including phenoxy) is 1. The Balaban J connectivity index is 0.000000269. The SMILES string of the molecule is COc1c(C(C)(C)C)cc2[cH-]c(C)cc2c1-c1cc(C)cc(C)c1.Cc1cc(C)cc(-c2ccc(-c3cc(C)cc(C)c3)c3[cH-]c(C)cc23)c1.[CH3-].[CH3-].[Si]=[Zr]. The van der Waals surface area contributed by atoms with Gasteiger partial charge in [0.2, 0.25) is 0 Å². The summed E-state index contributed by atoms with van der Waals surface area (Å²) >= 11 is 1.36. The van der Waals surface area contributed by atoms with Gasteiger partial charge in [-0.25, -0.2) is 0 Å². The van der Waals surface area contributed by atoms with Gasteiger partial charge >= 0.3 is 30.2 Å². The van der Waals surface area contributed by atoms with Crippen molar-refractivity contribution in [2.45, 2.75) is 81.6 Å². The van der Waals surface area contributed by atoms with Gasteiger partial charge in [0, 0.05) is 0 Å². The molecule has 7 rings (SSSR count). The summed E-state index contributed by atoms with van der Waals surface area (Å²) in [5.74, 6) is 1.01. The molecule has 0 amide bonds. The van der Waals surface area contributed by atoms with Crippen molar-refractivity contribution in [3.05, 3.63) is 162 Å². The van der Waals surface area contributed by atoms with Crippen molar-refractivity contribution in [1.29, 1.82) is 0 Å². The Hall–Kier alpha value is -3.78. The van der Waals surface area contributed by atoms with Crippen LogP contribution in [0.3, 0.4) is 0 Å². The Morgan fingerprint density at radius 2 is 0.926 bits per heavy atom. The fraction of sp³-hybridized carbons (Fsp3) is 0.255. The van der Waals surface area contributed by atoms with Crippen molar-refractivity contribution < 1.29 is 28.1 Å². The topological polar surface area (TPSA) is 9.23 Å². The Morgan fingerprint density at radius 3 is 1.39 bits per heavy atom. The van der Waals surface area contributed by atoms with E-state index in [0.29, 0.717) is 0 Å². The molecule has 0 unspecified atom stereocenters. The molecule has 0 saturated heterocycles. The first-order valence-electron chi connectivity index (χ1n) is 18.1. The zero-order valence-corrected chi connectivity index (χ0v) is 38.6. The van der Waals surface area contributed by atoms with Crippen LogP contribution < -0.4 is 4.74 Å². The summed E-state index contributed by atoms with van der Waals surface area (Å²) in [7, 11) is 1.79. The molecule has 0 atom stereocenters. The van der Waals surface area contributed by atoms with Crippen molar-refractivity contribution >= 4 is 28.4 Å². The van der Waals surface area contributed by atoms with Crippen LogP contribution in [-0.2, 0) is 28.8 Å². The zero-order chi connectivity index (χ0) is 38.1. The molecule has 0 aliphatic heterocycles. The molecule has 7 aromatic carbocycles. The van der Waals surface area contributed by atoms with E-state index in [1.54, 1.807) is 7.11 Å². The van der Waals surface area contributed by atoms with Gasteiger partial charge in [0.25, 0.3) is 0 Å². The van der Waals surface area contributed by atoms with E-state index < -0.39 is 0 Å². The van der Waals surface area contributed by atoms with E-state index in [1.807, 2.05) is 0 Å². The van der Waals surface area contributed by atoms with Gasteiger partial charge in [0.1, 0.15) is 5.75 Å². The van der Waals surface area contributed by atoms with E-state index >= 15 is 0 Å². The molecule has 0 aliphatic carbocycles. The summed E-state index contributed by atoms with van der Waals surface area (Å²) in [5, 5.41) is 5.28. The molecular formula is C51H58OSiZr-4. The van der Waals surface area contributed by atoms with Crippen molar-refractivity contribution in [3.8, 4) is 39.1 Å². The van der Waals surface area contributed by atoms with Gasteiger partial charge < -0.3 is 19.6 Å². The van der Waals surface area contributed by atoms with Crippen LogP contribution in [-0.4, -0.2) is 14.0 Å². The molecule has 0 N–H and O–H groups in total. The molecule has 0 saturated carbocycles. The molecule has 0 heterocycles. The van der Waals surface area contributed by atoms with Gasteiger partial charge in [0.15, 0.2) is 0 Å². The molecule has 1 nitrogen and oxygen atoms in total. The van der Waals surface area contributed by atoms with Crippen molar-refractivity contribution in [2.75, 3.05) is 7.11 Å². The summed E-state index contributed by atoms with van der Waals surface area (Å²) in [4.78, 5) is 0. The van der Waals surface area contributed by atoms with Crippen LogP contribution in [0.1, 0.15) is 70.8 Å². The monoisotopic (exact) mass is 804 g/mol. The summed E-state index contributed by atoms with van der Waals surface area (Å²) < 4.78 is 5.95. The van der Waals surface area contributed by atoms with E-state index in [9.17, 15) is 0 Å². The average Bonchev–Trinajstić information content (AvgIpc) is 3.63. The molecule has 0 spiro atoms. The van der Waals surface area contributed by atoms with Crippen LogP contribution in [0.2, 0.25) is 0 Å². The summed E-state index contributed by atoms with van der Waals surface area (Å²) in [6.07, 6.45) is 0. The fourth-order valence-corrected chi connectivity index (χ4v) is 7.87. The number of benzene rings is 5. The number of fused-ring (bicyclic) bond motifs is 2. The summed E-state index contributed by atoms with van der Waals surface area (Å²) in [5.41, 5.74) is 19.5. The molecule has 0 aliphatic rings. The van der Waals surface area contributed by atoms with Crippen LogP contribution in [0.5, 0.6) is 5.75 Å². The third-order valence-corrected chi connectivity index (χ3v) is 9.73. The quantitative estimate of drug-likeness (QED) is 0.127. The molecule has 7 aromatic rings. The van der Waals surface area contributed by atoms with Gasteiger partial charge in [-0.2, -0.15) is 12.1 Å². The van der Waals surface area contributed by atoms with Crippen molar-refractivity contribution in [1.82, 2.24) is 0 Å². The molecule has 0 aromatic heterocycles. The predicted molar refractivity (Wildman–Crippen MR) is 237 cm³/mol. The number of aryl methyl sites for hydroxylation is 8. The minimum absolute atomic E-state index is 0. The van der Waals surface area contributed by atoms with Gasteiger partial charge in [-0.15, -0.1) is 50.9 Å². The van der Waals surface area contributed by atoms with Crippen molar-refractivity contribution in [2.24, 2.45) is 0 Å². The summed E-state index contributed by atoms with van der Waals surface area (Å²) in [6.45, 7) is 27.2. The molecular weight excluding hydrogens is 748 g/mol. The van der Waals surface area contributed by atoms with Crippen molar-refractivity contribution in [3.63, 3.8) is 0 Å². The fourth-order valence-electron chi connectivity index (χ4n) is 7.87. The van der Waals surface area contributed by atoms with E-state index in [1.165, 1.54) is 128 Å². The number of hydrogen-bond donors (Lipinski definition) is 0. The Kier molecular flexibility index (Phi) is 15.1. The van der Waals surface area contributed by atoms with Gasteiger partial charge in [-0.05, 0) is 69.2 Å². The predicted octanol–water partition coefficient (Wildman–Crippen LogP) is 14.4. The maximum absolute atomic E-state index is 5.95. The number of methoxy groups -OCH3 is 1. The first kappa shape index (κ1) is 44.6. The molecule has 54 heavy (non-hydrogen) atoms. The second-order valence-corrected chi connectivity index (χ2v) is 15.8. The Labute approximate surface area is 344 Å². The number of hydrogen-bond acceptors (Lipinski definition) is 1. The van der Waals surface area contributed by atoms with E-state index in [-0.39, 0.29) is 20.3 Å². The third kappa shape index (κ3) is 9.71. The second kappa shape index (κ2) is 18.2. The van der Waals surface area contributed by atoms with Crippen LogP contribution in [0.15, 0.2) is 97.1 Å². The average molecular weight is 806 g/mol. The zero-order valence-electron chi connectivity index (χ0n) is 35.1. The molecule has 2 radical (unpaired) electrons. The first-order valence-corrected chi connectivity index (χ1v) is 22.3. The first-order chi connectivity index (χ1) is 24.6. The molecule has 280 valence electrons. The third-order valence-electron chi connectivity index (χ3n) is 9.73. The van der Waals surface area contributed by atoms with Gasteiger partial charge in [-0.1, -0.05) is 151 Å². The minimum atomic E-state index is 0. The number of rotatable bonds is 4. The molecule has 0 bridgehead atoms. The van der Waals surface area contributed by atoms with Crippen LogP contribution in [0.4, 0.5) is 0 Å². The molecule has 0 fully saturated rings. The Bertz CT molecular complexity index is 2240. The normalized spacial score (nSPS) is 10.8. The standard InChI is InChI=1S/C26H25.C23H27O.2CH3.Si.Zr/c1-16-8-17(2)11-21(10-16)23-6-7-24(26-15-20(5)14-25(23)26)22-12-18(3)9-19(4)13-22;1-14-8-15(2)11-18(10-14)21-19-12-16(3)9-17(19)13-20(22(21)24-7)23(4,5)6;;;;/h6-15H,1-5H3;8-13H,1-7H3;2*1H3;;/q4*-1;;. The van der Waals surface area contributed by atoms with E-state index in [2.05, 4.69) is 180 Å². The van der Waals surface area contributed by atoms with E-state index in [4.69, 9.17) is 4.74 Å². The second-order valence-electron chi connectivity index (χ2n) is 15.8. The Morgan fingerprint density at radius 1 is 0.519 bits per heavy atom. The summed E-state index contributed by atoms with van der Waals surface area (Å²) in [6, 6.07) is 36.5. The van der Waals surface area contributed by atoms with E-state index in [0.717, 1.165) is 5.75 Å².